The molecule has 0 aromatic carbocycles. The van der Waals surface area contributed by atoms with Crippen molar-refractivity contribution in [1.82, 2.24) is 30.8 Å². The number of nitrogens with one attached hydrogen (secondary N) is 2. The molecule has 0 aliphatic carbocycles. The molecular formula is C11H18N6O3. The Morgan fingerprint density at radius 1 is 1.60 bits per heavy atom. The Labute approximate surface area is 115 Å². The van der Waals surface area contributed by atoms with E-state index in [1.807, 2.05) is 0 Å². The molecule has 2 rings (SSSR count). The molecule has 9 heteroatoms. The van der Waals surface area contributed by atoms with Crippen LogP contribution in [0, 0.1) is 5.92 Å². The molecule has 3 N–H and O–H groups in total. The standard InChI is InChI=1S/C11H18N6O3/c1-7(10-13-15-16-14-10)12-11(20)17-5-4-8(6-17)2-3-9(18)19/h7-8H,2-6H2,1H3,(H,12,20)(H,18,19)(H,13,14,15,16). The molecule has 1 aromatic rings. The van der Waals surface area contributed by atoms with Crippen molar-refractivity contribution in [3.63, 3.8) is 0 Å². The van der Waals surface area contributed by atoms with Crippen LogP contribution in [0.4, 0.5) is 4.79 Å². The molecular weight excluding hydrogens is 264 g/mol. The number of aromatic nitrogens is 4. The molecule has 1 aliphatic heterocycles. The molecule has 0 bridgehead atoms. The van der Waals surface area contributed by atoms with Gasteiger partial charge in [0.25, 0.3) is 0 Å². The third-order valence-corrected chi connectivity index (χ3v) is 3.43. The lowest BCUT2D eigenvalue weighted by atomic mass is 10.0. The molecule has 1 aliphatic rings. The molecule has 0 spiro atoms. The third kappa shape index (κ3) is 3.65. The number of amides is 2. The third-order valence-electron chi connectivity index (χ3n) is 3.43. The van der Waals surface area contributed by atoms with Gasteiger partial charge in [-0.05, 0) is 25.7 Å². The van der Waals surface area contributed by atoms with Crippen LogP contribution in [0.15, 0.2) is 0 Å². The van der Waals surface area contributed by atoms with Crippen LogP contribution in [-0.2, 0) is 4.79 Å². The van der Waals surface area contributed by atoms with Crippen LogP contribution in [0.1, 0.15) is 38.1 Å². The molecule has 9 nitrogen and oxygen atoms in total. The van der Waals surface area contributed by atoms with E-state index >= 15 is 0 Å². The van der Waals surface area contributed by atoms with E-state index in [2.05, 4.69) is 25.9 Å². The SMILES string of the molecule is CC(NC(=O)N1CCC(CCC(=O)O)C1)c1nn[nH]n1. The van der Waals surface area contributed by atoms with E-state index in [0.717, 1.165) is 6.42 Å². The Hall–Kier alpha value is -2.19. The minimum Gasteiger partial charge on any atom is -0.481 e. The van der Waals surface area contributed by atoms with Gasteiger partial charge in [-0.2, -0.15) is 5.21 Å². The van der Waals surface area contributed by atoms with Gasteiger partial charge in [-0.1, -0.05) is 5.21 Å². The summed E-state index contributed by atoms with van der Waals surface area (Å²) in [6, 6.07) is -0.501. The maximum atomic E-state index is 12.0. The van der Waals surface area contributed by atoms with Crippen molar-refractivity contribution in [3.05, 3.63) is 5.82 Å². The largest absolute Gasteiger partial charge is 0.481 e. The van der Waals surface area contributed by atoms with Crippen molar-refractivity contribution in [2.75, 3.05) is 13.1 Å². The summed E-state index contributed by atoms with van der Waals surface area (Å²) in [5.41, 5.74) is 0. The fraction of sp³-hybridized carbons (Fsp3) is 0.727. The molecule has 0 radical (unpaired) electrons. The van der Waals surface area contributed by atoms with Gasteiger partial charge in [-0.15, -0.1) is 10.2 Å². The molecule has 2 amide bonds. The molecule has 1 fully saturated rings. The quantitative estimate of drug-likeness (QED) is 0.706. The van der Waals surface area contributed by atoms with Crippen molar-refractivity contribution < 1.29 is 14.7 Å². The number of likely N-dealkylation sites (tertiary alicyclic amines) is 1. The summed E-state index contributed by atoms with van der Waals surface area (Å²) in [5, 5.41) is 24.9. The first-order valence-corrected chi connectivity index (χ1v) is 6.57. The number of carbonyl (C=O) groups is 2. The van der Waals surface area contributed by atoms with Gasteiger partial charge in [0.05, 0.1) is 6.04 Å². The van der Waals surface area contributed by atoms with Gasteiger partial charge in [0, 0.05) is 19.5 Å². The van der Waals surface area contributed by atoms with E-state index in [0.29, 0.717) is 25.3 Å². The monoisotopic (exact) mass is 282 g/mol. The summed E-state index contributed by atoms with van der Waals surface area (Å²) >= 11 is 0. The zero-order valence-corrected chi connectivity index (χ0v) is 11.2. The fourth-order valence-electron chi connectivity index (χ4n) is 2.27. The second kappa shape index (κ2) is 6.31. The van der Waals surface area contributed by atoms with E-state index in [-0.39, 0.29) is 24.4 Å². The minimum atomic E-state index is -0.793. The highest BCUT2D eigenvalue weighted by atomic mass is 16.4. The lowest BCUT2D eigenvalue weighted by molar-refractivity contribution is -0.137. The zero-order chi connectivity index (χ0) is 14.5. The smallest absolute Gasteiger partial charge is 0.317 e. The zero-order valence-electron chi connectivity index (χ0n) is 11.2. The summed E-state index contributed by atoms with van der Waals surface area (Å²) in [5.74, 6) is -0.101. The van der Waals surface area contributed by atoms with Crippen molar-refractivity contribution in [2.24, 2.45) is 5.92 Å². The normalized spacial score (nSPS) is 19.9. The molecule has 2 heterocycles. The Kier molecular flexibility index (Phi) is 4.49. The molecule has 2 unspecified atom stereocenters. The average molecular weight is 282 g/mol. The summed E-state index contributed by atoms with van der Waals surface area (Å²) in [6.07, 6.45) is 1.61. The Balaban J connectivity index is 1.78. The number of hydrogen-bond donors (Lipinski definition) is 3. The van der Waals surface area contributed by atoms with Crippen LogP contribution in [0.25, 0.3) is 0 Å². The summed E-state index contributed by atoms with van der Waals surface area (Å²) in [4.78, 5) is 24.3. The molecule has 1 saturated heterocycles. The Morgan fingerprint density at radius 2 is 2.40 bits per heavy atom. The topological polar surface area (TPSA) is 124 Å². The second-order valence-electron chi connectivity index (χ2n) is 4.97. The number of carbonyl (C=O) groups excluding carboxylic acids is 1. The fourth-order valence-corrected chi connectivity index (χ4v) is 2.27. The number of tetrazole rings is 1. The predicted octanol–water partition coefficient (Wildman–Crippen LogP) is 0.157. The number of aromatic amines is 1. The first kappa shape index (κ1) is 14.2. The van der Waals surface area contributed by atoms with Gasteiger partial charge >= 0.3 is 12.0 Å². The van der Waals surface area contributed by atoms with E-state index in [1.54, 1.807) is 11.8 Å². The Morgan fingerprint density at radius 3 is 3.05 bits per heavy atom. The lowest BCUT2D eigenvalue weighted by Crippen LogP contribution is -2.40. The van der Waals surface area contributed by atoms with Gasteiger partial charge in [0.1, 0.15) is 0 Å². The predicted molar refractivity (Wildman–Crippen MR) is 67.7 cm³/mol. The maximum Gasteiger partial charge on any atom is 0.317 e. The van der Waals surface area contributed by atoms with Crippen LogP contribution in [0.5, 0.6) is 0 Å². The first-order valence-electron chi connectivity index (χ1n) is 6.57. The number of carboxylic acids is 1. The van der Waals surface area contributed by atoms with Gasteiger partial charge in [-0.25, -0.2) is 4.79 Å². The van der Waals surface area contributed by atoms with E-state index in [4.69, 9.17) is 5.11 Å². The van der Waals surface area contributed by atoms with Crippen molar-refractivity contribution in [1.29, 1.82) is 0 Å². The highest BCUT2D eigenvalue weighted by molar-refractivity contribution is 5.74. The van der Waals surface area contributed by atoms with Gasteiger partial charge in [-0.3, -0.25) is 4.79 Å². The van der Waals surface area contributed by atoms with Crippen molar-refractivity contribution in [3.8, 4) is 0 Å². The number of carboxylic acid groups (broad SMARTS) is 1. The summed E-state index contributed by atoms with van der Waals surface area (Å²) < 4.78 is 0. The van der Waals surface area contributed by atoms with Gasteiger partial charge in [0.15, 0.2) is 5.82 Å². The highest BCUT2D eigenvalue weighted by Gasteiger charge is 2.27. The maximum absolute atomic E-state index is 12.0. The number of aliphatic carboxylic acids is 1. The highest BCUT2D eigenvalue weighted by Crippen LogP contribution is 2.21. The van der Waals surface area contributed by atoms with Crippen LogP contribution in [-0.4, -0.2) is 55.7 Å². The van der Waals surface area contributed by atoms with E-state index in [9.17, 15) is 9.59 Å². The molecule has 0 saturated carbocycles. The van der Waals surface area contributed by atoms with Crippen molar-refractivity contribution in [2.45, 2.75) is 32.2 Å². The number of rotatable bonds is 5. The number of nitrogens with zero attached hydrogens (tertiary/aromatic N) is 4. The van der Waals surface area contributed by atoms with Crippen LogP contribution in [0.2, 0.25) is 0 Å². The molecule has 2 atom stereocenters. The summed E-state index contributed by atoms with van der Waals surface area (Å²) in [6.45, 7) is 3.02. The van der Waals surface area contributed by atoms with Gasteiger partial charge < -0.3 is 15.3 Å². The van der Waals surface area contributed by atoms with E-state index in [1.165, 1.54) is 0 Å². The minimum absolute atomic E-state index is 0.152. The number of H-pyrrole nitrogens is 1. The van der Waals surface area contributed by atoms with Crippen LogP contribution >= 0.6 is 0 Å². The van der Waals surface area contributed by atoms with Crippen molar-refractivity contribution >= 4 is 12.0 Å². The first-order chi connectivity index (χ1) is 9.56. The molecule has 110 valence electrons. The van der Waals surface area contributed by atoms with Crippen LogP contribution < -0.4 is 5.32 Å². The van der Waals surface area contributed by atoms with E-state index < -0.39 is 5.97 Å². The Bertz CT molecular complexity index is 463. The van der Waals surface area contributed by atoms with Gasteiger partial charge in [0.2, 0.25) is 0 Å². The lowest BCUT2D eigenvalue weighted by Gasteiger charge is -2.19. The molecule has 20 heavy (non-hydrogen) atoms. The van der Waals surface area contributed by atoms with Crippen LogP contribution in [0.3, 0.4) is 0 Å². The second-order valence-corrected chi connectivity index (χ2v) is 4.97. The number of urea groups is 1. The summed E-state index contributed by atoms with van der Waals surface area (Å²) in [7, 11) is 0. The molecule has 1 aromatic heterocycles. The number of hydrogen-bond acceptors (Lipinski definition) is 5. The average Bonchev–Trinajstić information content (AvgIpc) is 3.07.